The molecule has 0 aromatic heterocycles. The van der Waals surface area contributed by atoms with Crippen molar-refractivity contribution < 1.29 is 76.1 Å². The van der Waals surface area contributed by atoms with E-state index < -0.39 is 103 Å². The number of hydrogen-bond donors (Lipinski definition) is 0. The molecule has 16 nitrogen and oxygen atoms in total. The van der Waals surface area contributed by atoms with Gasteiger partial charge in [-0.15, -0.1) is 11.8 Å². The maximum Gasteiger partial charge on any atom is 0.338 e. The molecule has 5 aromatic rings. The van der Waals surface area contributed by atoms with Gasteiger partial charge in [0.2, 0.25) is 0 Å². The van der Waals surface area contributed by atoms with Gasteiger partial charge >= 0.3 is 29.8 Å². The number of rotatable bonds is 17. The van der Waals surface area contributed by atoms with Gasteiger partial charge in [-0.1, -0.05) is 103 Å². The summed E-state index contributed by atoms with van der Waals surface area (Å²) in [5, 5.41) is -0.913. The number of hydrogen-bond acceptors (Lipinski definition) is 17. The van der Waals surface area contributed by atoms with Crippen molar-refractivity contribution in [1.29, 1.82) is 0 Å². The van der Waals surface area contributed by atoms with Crippen molar-refractivity contribution in [3.63, 3.8) is 0 Å². The van der Waals surface area contributed by atoms with E-state index in [0.717, 1.165) is 11.8 Å². The first-order valence-corrected chi connectivity index (χ1v) is 23.3. The minimum atomic E-state index is -1.59. The molecule has 3 aliphatic rings. The summed E-state index contributed by atoms with van der Waals surface area (Å²) in [6.07, 6.45) is -13.1. The van der Waals surface area contributed by atoms with E-state index in [4.69, 9.17) is 52.1 Å². The lowest BCUT2D eigenvalue weighted by Crippen LogP contribution is -2.67. The minimum Gasteiger partial charge on any atom is -0.465 e. The fourth-order valence-electron chi connectivity index (χ4n) is 8.01. The van der Waals surface area contributed by atoms with Gasteiger partial charge in [-0.05, 0) is 55.5 Å². The molecule has 11 atom stereocenters. The normalized spacial score (nSPS) is 26.3. The van der Waals surface area contributed by atoms with Crippen LogP contribution in [0.4, 0.5) is 0 Å². The van der Waals surface area contributed by atoms with Crippen LogP contribution < -0.4 is 0 Å². The highest BCUT2D eigenvalue weighted by Crippen LogP contribution is 2.42. The summed E-state index contributed by atoms with van der Waals surface area (Å²) in [6.45, 7) is 1.25. The summed E-state index contributed by atoms with van der Waals surface area (Å²) < 4.78 is 68.7. The SMILES string of the molecule is CCOC(=O)CS[C@H]1[C@H]2OC(c3ccccc3)OC[C@H]2O[C@@H](O[C@H]2[C@H](OC(=O)c3ccccc3)[C@@H](OC(=O)c3ccccc3)[C@H](OC)O[C@@H]2COC(=O)c2ccccc2)[C@@H]1OC(=O)c1ccccc1. The van der Waals surface area contributed by atoms with Gasteiger partial charge in [0.25, 0.3) is 0 Å². The maximum absolute atomic E-state index is 14.2. The lowest BCUT2D eigenvalue weighted by Gasteiger charge is -2.51. The number of methoxy groups -OCH3 is 1. The number of thioether (sulfide) groups is 1. The molecular weight excluding hydrogens is 913 g/mol. The van der Waals surface area contributed by atoms with E-state index in [1.807, 2.05) is 30.3 Å². The van der Waals surface area contributed by atoms with Crippen molar-refractivity contribution in [3.8, 4) is 0 Å². The standard InChI is InChI=1S/C52H50O16S/c1-3-59-39(53)31-69-45-41-38(30-61-50(68-41)36-27-17-8-18-28-36)63-52(44(45)66-49(57)35-25-15-7-16-26-35)67-40-37(29-60-46(54)32-19-9-4-10-20-32)62-51(58-2)43(65-48(56)34-23-13-6-14-24-34)42(40)64-47(55)33-21-11-5-12-22-33/h4-28,37-38,40-45,50-52H,3,29-31H2,1-2H3/t37-,38-,40-,41+,42+,43-,44-,45+,50?,51-,52+/m1/s1. The lowest BCUT2D eigenvalue weighted by molar-refractivity contribution is -0.365. The molecule has 8 rings (SSSR count). The minimum absolute atomic E-state index is 0.0470. The number of carbonyl (C=O) groups is 5. The molecule has 0 bridgehead atoms. The number of carbonyl (C=O) groups excluding carboxylic acids is 5. The second-order valence-electron chi connectivity index (χ2n) is 15.9. The highest BCUT2D eigenvalue weighted by atomic mass is 32.2. The Morgan fingerprint density at radius 1 is 0.551 bits per heavy atom. The maximum atomic E-state index is 14.2. The average Bonchev–Trinajstić information content (AvgIpc) is 3.40. The summed E-state index contributed by atoms with van der Waals surface area (Å²) >= 11 is 1.10. The first-order chi connectivity index (χ1) is 33.7. The molecule has 3 saturated heterocycles. The van der Waals surface area contributed by atoms with Crippen molar-refractivity contribution in [1.82, 2.24) is 0 Å². The van der Waals surface area contributed by atoms with Gasteiger partial charge in [0.15, 0.2) is 37.2 Å². The fourth-order valence-corrected chi connectivity index (χ4v) is 9.23. The summed E-state index contributed by atoms with van der Waals surface area (Å²) in [5.41, 5.74) is 1.44. The summed E-state index contributed by atoms with van der Waals surface area (Å²) in [7, 11) is 1.30. The Morgan fingerprint density at radius 3 is 1.57 bits per heavy atom. The zero-order valence-electron chi connectivity index (χ0n) is 37.6. The Labute approximate surface area is 402 Å². The molecule has 3 aliphatic heterocycles. The van der Waals surface area contributed by atoms with Crippen LogP contribution in [0.25, 0.3) is 0 Å². The predicted octanol–water partition coefficient (Wildman–Crippen LogP) is 6.78. The van der Waals surface area contributed by atoms with Crippen molar-refractivity contribution in [2.45, 2.75) is 73.8 Å². The molecule has 360 valence electrons. The third kappa shape index (κ3) is 12.2. The number of ether oxygens (including phenoxy) is 11. The third-order valence-electron chi connectivity index (χ3n) is 11.3. The van der Waals surface area contributed by atoms with Crippen molar-refractivity contribution in [2.75, 3.05) is 32.7 Å². The molecule has 0 N–H and O–H groups in total. The Kier molecular flexibility index (Phi) is 16.8. The Bertz CT molecular complexity index is 2470. The van der Waals surface area contributed by atoms with E-state index in [1.165, 1.54) is 19.2 Å². The molecule has 69 heavy (non-hydrogen) atoms. The van der Waals surface area contributed by atoms with Crippen molar-refractivity contribution in [3.05, 3.63) is 179 Å². The Hall–Kier alpha value is -6.44. The molecule has 0 aliphatic carbocycles. The average molecular weight is 963 g/mol. The molecule has 17 heteroatoms. The highest BCUT2D eigenvalue weighted by Gasteiger charge is 2.57. The van der Waals surface area contributed by atoms with E-state index in [1.54, 1.807) is 116 Å². The second kappa shape index (κ2) is 23.7. The topological polar surface area (TPSA) is 187 Å². The first-order valence-electron chi connectivity index (χ1n) is 22.3. The Balaban J connectivity index is 1.21. The van der Waals surface area contributed by atoms with Crippen LogP contribution in [0.15, 0.2) is 152 Å². The van der Waals surface area contributed by atoms with E-state index in [0.29, 0.717) is 5.56 Å². The van der Waals surface area contributed by atoms with E-state index in [2.05, 4.69) is 0 Å². The highest BCUT2D eigenvalue weighted by molar-refractivity contribution is 8.00. The number of esters is 5. The van der Waals surface area contributed by atoms with Crippen LogP contribution in [0.5, 0.6) is 0 Å². The van der Waals surface area contributed by atoms with Gasteiger partial charge < -0.3 is 52.1 Å². The Morgan fingerprint density at radius 2 is 1.04 bits per heavy atom. The smallest absolute Gasteiger partial charge is 0.338 e. The van der Waals surface area contributed by atoms with Crippen LogP contribution >= 0.6 is 11.8 Å². The van der Waals surface area contributed by atoms with E-state index in [-0.39, 0.29) is 41.2 Å². The van der Waals surface area contributed by atoms with Gasteiger partial charge in [0.05, 0.1) is 46.5 Å². The van der Waals surface area contributed by atoms with Crippen LogP contribution in [-0.4, -0.2) is 123 Å². The van der Waals surface area contributed by atoms with Crippen LogP contribution in [-0.2, 0) is 56.9 Å². The molecule has 3 fully saturated rings. The molecule has 0 saturated carbocycles. The quantitative estimate of drug-likeness (QED) is 0.0700. The molecule has 5 aromatic carbocycles. The second-order valence-corrected chi connectivity index (χ2v) is 17.0. The molecule has 3 heterocycles. The molecule has 0 amide bonds. The summed E-state index contributed by atoms with van der Waals surface area (Å²) in [6, 6.07) is 41.9. The van der Waals surface area contributed by atoms with Crippen molar-refractivity contribution >= 4 is 41.6 Å². The molecular formula is C52H50O16S. The van der Waals surface area contributed by atoms with Crippen molar-refractivity contribution in [2.24, 2.45) is 0 Å². The zero-order valence-corrected chi connectivity index (χ0v) is 38.4. The molecule has 0 radical (unpaired) electrons. The molecule has 1 unspecified atom stereocenters. The van der Waals surface area contributed by atoms with Crippen LogP contribution in [0.2, 0.25) is 0 Å². The lowest BCUT2D eigenvalue weighted by atomic mass is 9.96. The largest absolute Gasteiger partial charge is 0.465 e. The zero-order chi connectivity index (χ0) is 48.1. The summed E-state index contributed by atoms with van der Waals surface area (Å²) in [4.78, 5) is 68.9. The van der Waals surface area contributed by atoms with Gasteiger partial charge in [-0.3, -0.25) is 4.79 Å². The fraction of sp³-hybridized carbons (Fsp3) is 0.327. The number of benzene rings is 5. The number of fused-ring (bicyclic) bond motifs is 1. The monoisotopic (exact) mass is 962 g/mol. The van der Waals surface area contributed by atoms with Crippen LogP contribution in [0.1, 0.15) is 60.2 Å². The van der Waals surface area contributed by atoms with Crippen LogP contribution in [0.3, 0.4) is 0 Å². The first kappa shape index (κ1) is 49.0. The van der Waals surface area contributed by atoms with Gasteiger partial charge in [-0.25, -0.2) is 19.2 Å². The van der Waals surface area contributed by atoms with E-state index >= 15 is 0 Å². The van der Waals surface area contributed by atoms with Gasteiger partial charge in [-0.2, -0.15) is 0 Å². The van der Waals surface area contributed by atoms with Gasteiger partial charge in [0.1, 0.15) is 31.0 Å². The third-order valence-corrected chi connectivity index (χ3v) is 12.6. The molecule has 0 spiro atoms. The van der Waals surface area contributed by atoms with Gasteiger partial charge in [0, 0.05) is 12.7 Å². The predicted molar refractivity (Wildman–Crippen MR) is 246 cm³/mol. The van der Waals surface area contributed by atoms with Crippen LogP contribution in [0, 0.1) is 0 Å². The van der Waals surface area contributed by atoms with E-state index in [9.17, 15) is 24.0 Å². The summed E-state index contributed by atoms with van der Waals surface area (Å²) in [5.74, 6) is -3.86.